The standard InChI is InChI=1S/C25H30N4OS/c30-25(27-20-9-10-20)19-7-5-18(6-8-19)22-17-23(24-21(28-22)11-16-31-24)26-12-4-15-29-13-2-1-3-14-29/h5-8,11,16-17,20H,1-4,9-10,12-15H2,(H,26,28)(H,27,30). The van der Waals surface area contributed by atoms with Crippen LogP contribution in [0.25, 0.3) is 21.5 Å². The van der Waals surface area contributed by atoms with Gasteiger partial charge in [0.05, 0.1) is 21.6 Å². The normalized spacial score (nSPS) is 17.0. The lowest BCUT2D eigenvalue weighted by Gasteiger charge is -2.26. The second-order valence-corrected chi connectivity index (χ2v) is 9.61. The maximum atomic E-state index is 12.3. The van der Waals surface area contributed by atoms with E-state index >= 15 is 0 Å². The van der Waals surface area contributed by atoms with E-state index in [1.165, 1.54) is 43.6 Å². The van der Waals surface area contributed by atoms with Gasteiger partial charge in [0.15, 0.2) is 0 Å². The number of carbonyl (C=O) groups excluding carboxylic acids is 1. The van der Waals surface area contributed by atoms with Gasteiger partial charge in [-0.05, 0) is 81.4 Å². The molecule has 5 rings (SSSR count). The van der Waals surface area contributed by atoms with Crippen molar-refractivity contribution in [1.82, 2.24) is 15.2 Å². The molecule has 6 heteroatoms. The first-order chi connectivity index (χ1) is 15.3. The first-order valence-electron chi connectivity index (χ1n) is 11.5. The van der Waals surface area contributed by atoms with Crippen molar-refractivity contribution in [3.05, 3.63) is 47.3 Å². The van der Waals surface area contributed by atoms with Crippen LogP contribution in [0.15, 0.2) is 41.8 Å². The van der Waals surface area contributed by atoms with Gasteiger partial charge in [0.2, 0.25) is 0 Å². The van der Waals surface area contributed by atoms with Gasteiger partial charge < -0.3 is 15.5 Å². The largest absolute Gasteiger partial charge is 0.384 e. The molecule has 0 unspecified atom stereocenters. The number of benzene rings is 1. The predicted molar refractivity (Wildman–Crippen MR) is 129 cm³/mol. The topological polar surface area (TPSA) is 57.3 Å². The second kappa shape index (κ2) is 9.37. The molecule has 2 N–H and O–H groups in total. The third kappa shape index (κ3) is 5.08. The maximum Gasteiger partial charge on any atom is 0.251 e. The molecule has 3 aromatic rings. The zero-order valence-electron chi connectivity index (χ0n) is 17.9. The van der Waals surface area contributed by atoms with Gasteiger partial charge in [0.25, 0.3) is 5.91 Å². The Morgan fingerprint density at radius 3 is 2.68 bits per heavy atom. The molecular weight excluding hydrogens is 404 g/mol. The summed E-state index contributed by atoms with van der Waals surface area (Å²) in [6.07, 6.45) is 7.42. The number of rotatable bonds is 8. The molecule has 1 amide bonds. The fourth-order valence-corrected chi connectivity index (χ4v) is 5.06. The van der Waals surface area contributed by atoms with E-state index in [2.05, 4.69) is 33.0 Å². The van der Waals surface area contributed by atoms with Crippen LogP contribution in [-0.4, -0.2) is 48.0 Å². The van der Waals surface area contributed by atoms with E-state index in [0.29, 0.717) is 11.6 Å². The predicted octanol–water partition coefficient (Wildman–Crippen LogP) is 5.14. The van der Waals surface area contributed by atoms with Crippen LogP contribution in [-0.2, 0) is 0 Å². The number of carbonyl (C=O) groups is 1. The number of piperidine rings is 1. The molecule has 0 atom stereocenters. The number of nitrogens with zero attached hydrogens (tertiary/aromatic N) is 2. The van der Waals surface area contributed by atoms with E-state index in [4.69, 9.17) is 4.98 Å². The molecule has 1 aromatic carbocycles. The Kier molecular flexibility index (Phi) is 6.18. The molecule has 0 radical (unpaired) electrons. The molecule has 2 aromatic heterocycles. The van der Waals surface area contributed by atoms with Gasteiger partial charge >= 0.3 is 0 Å². The number of thiophene rings is 1. The lowest BCUT2D eigenvalue weighted by Crippen LogP contribution is -2.31. The van der Waals surface area contributed by atoms with Crippen LogP contribution < -0.4 is 10.6 Å². The third-order valence-corrected chi connectivity index (χ3v) is 7.12. The van der Waals surface area contributed by atoms with E-state index in [-0.39, 0.29) is 5.91 Å². The maximum absolute atomic E-state index is 12.3. The van der Waals surface area contributed by atoms with Gasteiger partial charge in [-0.1, -0.05) is 18.6 Å². The summed E-state index contributed by atoms with van der Waals surface area (Å²) >= 11 is 1.73. The van der Waals surface area contributed by atoms with Crippen LogP contribution in [0.4, 0.5) is 5.69 Å². The molecule has 1 aliphatic heterocycles. The van der Waals surface area contributed by atoms with Crippen LogP contribution in [0, 0.1) is 0 Å². The zero-order chi connectivity index (χ0) is 21.0. The number of amides is 1. The highest BCUT2D eigenvalue weighted by molar-refractivity contribution is 7.17. The highest BCUT2D eigenvalue weighted by Gasteiger charge is 2.23. The van der Waals surface area contributed by atoms with Crippen LogP contribution in [0.2, 0.25) is 0 Å². The number of fused-ring (bicyclic) bond motifs is 1. The molecule has 31 heavy (non-hydrogen) atoms. The minimum absolute atomic E-state index is 0.0198. The fourth-order valence-electron chi connectivity index (χ4n) is 4.23. The van der Waals surface area contributed by atoms with E-state index in [1.807, 2.05) is 24.3 Å². The van der Waals surface area contributed by atoms with Crippen molar-refractivity contribution in [2.75, 3.05) is 31.5 Å². The lowest BCUT2D eigenvalue weighted by molar-refractivity contribution is 0.0951. The summed E-state index contributed by atoms with van der Waals surface area (Å²) in [5, 5.41) is 8.81. The molecule has 1 saturated heterocycles. The minimum atomic E-state index is 0.0198. The van der Waals surface area contributed by atoms with E-state index in [9.17, 15) is 4.79 Å². The monoisotopic (exact) mass is 434 g/mol. The van der Waals surface area contributed by atoms with Crippen LogP contribution in [0.3, 0.4) is 0 Å². The van der Waals surface area contributed by atoms with Gasteiger partial charge in [-0.2, -0.15) is 0 Å². The summed E-state index contributed by atoms with van der Waals surface area (Å²) < 4.78 is 1.21. The van der Waals surface area contributed by atoms with Crippen molar-refractivity contribution in [3.63, 3.8) is 0 Å². The molecule has 3 heterocycles. The number of likely N-dealkylation sites (tertiary alicyclic amines) is 1. The summed E-state index contributed by atoms with van der Waals surface area (Å²) in [6, 6.07) is 12.4. The first kappa shape index (κ1) is 20.5. The highest BCUT2D eigenvalue weighted by Crippen LogP contribution is 2.32. The molecule has 2 aliphatic rings. The second-order valence-electron chi connectivity index (χ2n) is 8.70. The summed E-state index contributed by atoms with van der Waals surface area (Å²) in [6.45, 7) is 4.64. The van der Waals surface area contributed by atoms with E-state index < -0.39 is 0 Å². The van der Waals surface area contributed by atoms with Crippen molar-refractivity contribution in [2.45, 2.75) is 44.6 Å². The Morgan fingerprint density at radius 1 is 1.10 bits per heavy atom. The molecule has 0 bridgehead atoms. The molecule has 0 spiro atoms. The molecular formula is C25H30N4OS. The van der Waals surface area contributed by atoms with Crippen molar-refractivity contribution in [3.8, 4) is 11.3 Å². The average Bonchev–Trinajstić information content (AvgIpc) is 3.49. The summed E-state index contributed by atoms with van der Waals surface area (Å²) in [7, 11) is 0. The Morgan fingerprint density at radius 2 is 1.90 bits per heavy atom. The summed E-state index contributed by atoms with van der Waals surface area (Å²) in [5.41, 5.74) is 4.87. The number of aromatic nitrogens is 1. The van der Waals surface area contributed by atoms with Crippen molar-refractivity contribution in [2.24, 2.45) is 0 Å². The zero-order valence-corrected chi connectivity index (χ0v) is 18.7. The van der Waals surface area contributed by atoms with Gasteiger partial charge in [-0.25, -0.2) is 4.98 Å². The fraction of sp³-hybridized carbons (Fsp3) is 0.440. The molecule has 5 nitrogen and oxygen atoms in total. The van der Waals surface area contributed by atoms with Crippen LogP contribution in [0.1, 0.15) is 48.9 Å². The van der Waals surface area contributed by atoms with Gasteiger partial charge in [0, 0.05) is 23.7 Å². The van der Waals surface area contributed by atoms with Crippen LogP contribution >= 0.6 is 11.3 Å². The Balaban J connectivity index is 1.27. The van der Waals surface area contributed by atoms with Gasteiger partial charge in [0.1, 0.15) is 0 Å². The first-order valence-corrected chi connectivity index (χ1v) is 12.4. The number of hydrogen-bond donors (Lipinski definition) is 2. The third-order valence-electron chi connectivity index (χ3n) is 6.18. The quantitative estimate of drug-likeness (QED) is 0.482. The van der Waals surface area contributed by atoms with Crippen molar-refractivity contribution in [1.29, 1.82) is 0 Å². The van der Waals surface area contributed by atoms with E-state index in [0.717, 1.165) is 48.3 Å². The summed E-state index contributed by atoms with van der Waals surface area (Å²) in [4.78, 5) is 19.7. The van der Waals surface area contributed by atoms with Crippen molar-refractivity contribution < 1.29 is 4.79 Å². The molecule has 1 saturated carbocycles. The minimum Gasteiger partial charge on any atom is -0.384 e. The Labute approximate surface area is 187 Å². The summed E-state index contributed by atoms with van der Waals surface area (Å²) in [5.74, 6) is 0.0198. The van der Waals surface area contributed by atoms with Gasteiger partial charge in [-0.15, -0.1) is 11.3 Å². The molecule has 2 fully saturated rings. The number of nitrogens with one attached hydrogen (secondary N) is 2. The molecule has 162 valence electrons. The molecule has 1 aliphatic carbocycles. The SMILES string of the molecule is O=C(NC1CC1)c1ccc(-c2cc(NCCCN3CCCCC3)c3sccc3n2)cc1. The number of anilines is 1. The Bertz CT molecular complexity index is 1040. The van der Waals surface area contributed by atoms with Crippen molar-refractivity contribution >= 4 is 33.1 Å². The average molecular weight is 435 g/mol. The Hall–Kier alpha value is -2.44. The van der Waals surface area contributed by atoms with Gasteiger partial charge in [-0.3, -0.25) is 4.79 Å². The highest BCUT2D eigenvalue weighted by atomic mass is 32.1. The van der Waals surface area contributed by atoms with E-state index in [1.54, 1.807) is 11.3 Å². The van der Waals surface area contributed by atoms with Crippen LogP contribution in [0.5, 0.6) is 0 Å². The number of pyridine rings is 1. The number of hydrogen-bond acceptors (Lipinski definition) is 5. The lowest BCUT2D eigenvalue weighted by atomic mass is 10.1. The smallest absolute Gasteiger partial charge is 0.251 e.